The molecule has 1 rings (SSSR count). The Morgan fingerprint density at radius 2 is 2.10 bits per heavy atom. The molecule has 0 heterocycles. The van der Waals surface area contributed by atoms with Crippen molar-refractivity contribution >= 4 is 18.0 Å². The lowest BCUT2D eigenvalue weighted by molar-refractivity contribution is 0.562. The molecule has 0 fully saturated rings. The first-order valence-electron chi connectivity index (χ1n) is 2.89. The number of rotatable bonds is 2. The second-order valence-corrected chi connectivity index (χ2v) is 2.65. The fraction of sp³-hybridized carbons (Fsp3) is 0.125. The van der Waals surface area contributed by atoms with Gasteiger partial charge in [0.25, 0.3) is 0 Å². The van der Waals surface area contributed by atoms with Gasteiger partial charge in [0.15, 0.2) is 0 Å². The molecule has 51 valence electrons. The molecule has 10 heavy (non-hydrogen) atoms. The molecule has 0 saturated heterocycles. The summed E-state index contributed by atoms with van der Waals surface area (Å²) in [6, 6.07) is 7.41. The minimum Gasteiger partial charge on any atom is -0.285 e. The maximum Gasteiger partial charge on any atom is 0.234 e. The first kappa shape index (κ1) is 7.35. The second-order valence-electron chi connectivity index (χ2n) is 1.80. The highest BCUT2D eigenvalue weighted by atomic mass is 32.2. The van der Waals surface area contributed by atoms with Crippen LogP contribution in [0.25, 0.3) is 0 Å². The van der Waals surface area contributed by atoms with Gasteiger partial charge in [0.2, 0.25) is 6.29 Å². The summed E-state index contributed by atoms with van der Waals surface area (Å²) < 4.78 is 0. The number of hydrogen-bond donors (Lipinski definition) is 0. The van der Waals surface area contributed by atoms with Crippen molar-refractivity contribution in [2.75, 3.05) is 6.26 Å². The Labute approximate surface area is 64.4 Å². The molecule has 1 nitrogen and oxygen atoms in total. The summed E-state index contributed by atoms with van der Waals surface area (Å²) in [4.78, 5) is 11.2. The minimum absolute atomic E-state index is 0.648. The van der Waals surface area contributed by atoms with E-state index in [2.05, 4.69) is 0 Å². The second kappa shape index (κ2) is 3.42. The quantitative estimate of drug-likeness (QED) is 0.600. The summed E-state index contributed by atoms with van der Waals surface area (Å²) in [6.07, 6.45) is 3.82. The number of carbonyl (C=O) groups excluding carboxylic acids is 1. The predicted octanol–water partition coefficient (Wildman–Crippen LogP) is 1.87. The van der Waals surface area contributed by atoms with Gasteiger partial charge in [-0.25, -0.2) is 0 Å². The normalized spacial score (nSPS) is 9.30. The molecule has 0 spiro atoms. The maximum atomic E-state index is 10.2. The van der Waals surface area contributed by atoms with E-state index in [1.165, 1.54) is 0 Å². The van der Waals surface area contributed by atoms with E-state index < -0.39 is 0 Å². The molecule has 0 amide bonds. The fourth-order valence-electron chi connectivity index (χ4n) is 0.729. The zero-order valence-electron chi connectivity index (χ0n) is 5.63. The Balaban J connectivity index is 3.08. The third-order valence-corrected chi connectivity index (χ3v) is 2.01. The van der Waals surface area contributed by atoms with E-state index in [4.69, 9.17) is 0 Å². The smallest absolute Gasteiger partial charge is 0.234 e. The lowest BCUT2D eigenvalue weighted by Crippen LogP contribution is -1.82. The molecule has 0 bridgehead atoms. The van der Waals surface area contributed by atoms with Crippen LogP contribution < -0.4 is 0 Å². The van der Waals surface area contributed by atoms with Crippen LogP contribution in [-0.2, 0) is 4.79 Å². The SMILES string of the molecule is CSc1ccccc1[C]=O. The summed E-state index contributed by atoms with van der Waals surface area (Å²) >= 11 is 1.56. The first-order chi connectivity index (χ1) is 4.88. The van der Waals surface area contributed by atoms with E-state index in [9.17, 15) is 4.79 Å². The zero-order valence-corrected chi connectivity index (χ0v) is 6.44. The Bertz CT molecular complexity index is 232. The van der Waals surface area contributed by atoms with Crippen LogP contribution in [0.3, 0.4) is 0 Å². The first-order valence-corrected chi connectivity index (χ1v) is 4.12. The lowest BCUT2D eigenvalue weighted by atomic mass is 10.2. The molecular formula is C8H7OS. The summed E-state index contributed by atoms with van der Waals surface area (Å²) in [5.74, 6) is 0. The average Bonchev–Trinajstić information content (AvgIpc) is 2.04. The van der Waals surface area contributed by atoms with E-state index in [-0.39, 0.29) is 0 Å². The van der Waals surface area contributed by atoms with E-state index in [0.29, 0.717) is 5.56 Å². The van der Waals surface area contributed by atoms with Crippen molar-refractivity contribution in [3.63, 3.8) is 0 Å². The van der Waals surface area contributed by atoms with Crippen LogP contribution in [0, 0.1) is 0 Å². The number of thioether (sulfide) groups is 1. The molecule has 1 radical (unpaired) electrons. The number of hydrogen-bond acceptors (Lipinski definition) is 2. The predicted molar refractivity (Wildman–Crippen MR) is 43.0 cm³/mol. The summed E-state index contributed by atoms with van der Waals surface area (Å²) in [5, 5.41) is 0. The van der Waals surface area contributed by atoms with Crippen molar-refractivity contribution in [2.24, 2.45) is 0 Å². The third kappa shape index (κ3) is 1.39. The summed E-state index contributed by atoms with van der Waals surface area (Å²) in [5.41, 5.74) is 0.648. The van der Waals surface area contributed by atoms with E-state index in [0.717, 1.165) is 4.90 Å². The van der Waals surface area contributed by atoms with Crippen LogP contribution in [0.2, 0.25) is 0 Å². The Hall–Kier alpha value is -0.760. The van der Waals surface area contributed by atoms with Crippen LogP contribution >= 0.6 is 11.8 Å². The molecule has 2 heteroatoms. The molecule has 1 aromatic rings. The summed E-state index contributed by atoms with van der Waals surface area (Å²) in [7, 11) is 0. The van der Waals surface area contributed by atoms with E-state index in [1.807, 2.05) is 30.7 Å². The van der Waals surface area contributed by atoms with E-state index >= 15 is 0 Å². The Kier molecular flexibility index (Phi) is 2.51. The van der Waals surface area contributed by atoms with E-state index in [1.54, 1.807) is 17.8 Å². The van der Waals surface area contributed by atoms with Crippen LogP contribution in [-0.4, -0.2) is 12.5 Å². The molecule has 0 atom stereocenters. The minimum atomic E-state index is 0.648. The van der Waals surface area contributed by atoms with Crippen LogP contribution in [0.4, 0.5) is 0 Å². The van der Waals surface area contributed by atoms with Gasteiger partial charge < -0.3 is 0 Å². The molecule has 0 saturated carbocycles. The Morgan fingerprint density at radius 1 is 1.40 bits per heavy atom. The largest absolute Gasteiger partial charge is 0.285 e. The molecule has 0 aliphatic carbocycles. The fourth-order valence-corrected chi connectivity index (χ4v) is 1.27. The van der Waals surface area contributed by atoms with Crippen LogP contribution in [0.1, 0.15) is 5.56 Å². The standard InChI is InChI=1S/C8H7OS/c1-10-8-5-3-2-4-7(8)6-9/h2-5H,1H3. The lowest BCUT2D eigenvalue weighted by Gasteiger charge is -1.96. The highest BCUT2D eigenvalue weighted by Gasteiger charge is 1.96. The molecule has 0 aromatic heterocycles. The maximum absolute atomic E-state index is 10.2. The van der Waals surface area contributed by atoms with Gasteiger partial charge in [0, 0.05) is 10.5 Å². The molecular weight excluding hydrogens is 144 g/mol. The van der Waals surface area contributed by atoms with Gasteiger partial charge in [0.1, 0.15) is 0 Å². The van der Waals surface area contributed by atoms with Gasteiger partial charge in [-0.2, -0.15) is 0 Å². The van der Waals surface area contributed by atoms with Crippen molar-refractivity contribution in [3.8, 4) is 0 Å². The average molecular weight is 151 g/mol. The molecule has 0 aliphatic heterocycles. The Morgan fingerprint density at radius 3 is 2.60 bits per heavy atom. The van der Waals surface area contributed by atoms with Crippen molar-refractivity contribution in [3.05, 3.63) is 29.8 Å². The molecule has 0 aliphatic rings. The van der Waals surface area contributed by atoms with Crippen LogP contribution in [0.15, 0.2) is 29.2 Å². The highest BCUT2D eigenvalue weighted by molar-refractivity contribution is 7.98. The van der Waals surface area contributed by atoms with Gasteiger partial charge >= 0.3 is 0 Å². The number of benzene rings is 1. The van der Waals surface area contributed by atoms with Crippen molar-refractivity contribution in [1.29, 1.82) is 0 Å². The van der Waals surface area contributed by atoms with Crippen LogP contribution in [0.5, 0.6) is 0 Å². The monoisotopic (exact) mass is 151 g/mol. The van der Waals surface area contributed by atoms with Gasteiger partial charge in [-0.05, 0) is 18.4 Å². The van der Waals surface area contributed by atoms with Gasteiger partial charge in [-0.3, -0.25) is 4.79 Å². The van der Waals surface area contributed by atoms with Gasteiger partial charge in [0.05, 0.1) is 0 Å². The third-order valence-electron chi connectivity index (χ3n) is 1.22. The summed E-state index contributed by atoms with van der Waals surface area (Å²) in [6.45, 7) is 0. The molecule has 0 N–H and O–H groups in total. The topological polar surface area (TPSA) is 17.1 Å². The molecule has 0 unspecified atom stereocenters. The van der Waals surface area contributed by atoms with Crippen molar-refractivity contribution < 1.29 is 4.79 Å². The van der Waals surface area contributed by atoms with Crippen molar-refractivity contribution in [1.82, 2.24) is 0 Å². The van der Waals surface area contributed by atoms with Crippen molar-refractivity contribution in [2.45, 2.75) is 4.90 Å². The van der Waals surface area contributed by atoms with Gasteiger partial charge in [-0.15, -0.1) is 11.8 Å². The highest BCUT2D eigenvalue weighted by Crippen LogP contribution is 2.17. The zero-order chi connectivity index (χ0) is 7.40. The van der Waals surface area contributed by atoms with Gasteiger partial charge in [-0.1, -0.05) is 12.1 Å². The molecule has 1 aromatic carbocycles.